The van der Waals surface area contributed by atoms with E-state index in [2.05, 4.69) is 25.6 Å². The normalized spacial score (nSPS) is 14.1. The van der Waals surface area contributed by atoms with E-state index in [0.717, 1.165) is 25.9 Å². The molecule has 116 valence electrons. The zero-order chi connectivity index (χ0) is 15.2. The minimum Gasteiger partial charge on any atom is -0.357 e. The lowest BCUT2D eigenvalue weighted by Gasteiger charge is -2.16. The molecule has 0 saturated carbocycles. The molecular formula is C13H23N7O. The molecule has 1 aliphatic heterocycles. The van der Waals surface area contributed by atoms with Gasteiger partial charge in [0.2, 0.25) is 23.8 Å². The van der Waals surface area contributed by atoms with Gasteiger partial charge in [-0.15, -0.1) is 0 Å². The Bertz CT molecular complexity index is 485. The number of carbonyl (C=O) groups excluding carboxylic acids is 1. The molecule has 8 nitrogen and oxygen atoms in total. The van der Waals surface area contributed by atoms with Crippen molar-refractivity contribution in [1.82, 2.24) is 19.9 Å². The van der Waals surface area contributed by atoms with Crippen molar-refractivity contribution in [3.05, 3.63) is 0 Å². The Labute approximate surface area is 125 Å². The summed E-state index contributed by atoms with van der Waals surface area (Å²) in [4.78, 5) is 28.4. The molecule has 2 heterocycles. The molecule has 0 spiro atoms. The van der Waals surface area contributed by atoms with E-state index in [1.165, 1.54) is 0 Å². The highest BCUT2D eigenvalue weighted by molar-refractivity contribution is 5.76. The number of amides is 1. The summed E-state index contributed by atoms with van der Waals surface area (Å²) in [6.45, 7) is 2.30. The van der Waals surface area contributed by atoms with Gasteiger partial charge in [0.15, 0.2) is 0 Å². The Morgan fingerprint density at radius 2 is 1.86 bits per heavy atom. The summed E-state index contributed by atoms with van der Waals surface area (Å²) in [5.74, 6) is 1.74. The highest BCUT2D eigenvalue weighted by atomic mass is 16.2. The first kappa shape index (κ1) is 15.3. The third-order valence-corrected chi connectivity index (χ3v) is 3.33. The third-order valence-electron chi connectivity index (χ3n) is 3.33. The molecule has 1 amide bonds. The summed E-state index contributed by atoms with van der Waals surface area (Å²) in [6.07, 6.45) is 2.69. The summed E-state index contributed by atoms with van der Waals surface area (Å²) in [7, 11) is 5.50. The van der Waals surface area contributed by atoms with Crippen LogP contribution in [0.4, 0.5) is 17.8 Å². The molecule has 0 atom stereocenters. The molecule has 0 aliphatic carbocycles. The van der Waals surface area contributed by atoms with Crippen LogP contribution in [0, 0.1) is 0 Å². The SMILES string of the molecule is CNc1nc(NCCC(=O)N2CCCC2)nc(N(C)C)n1. The lowest BCUT2D eigenvalue weighted by molar-refractivity contribution is -0.129. The van der Waals surface area contributed by atoms with Crippen LogP contribution >= 0.6 is 0 Å². The maximum absolute atomic E-state index is 11.9. The van der Waals surface area contributed by atoms with E-state index in [-0.39, 0.29) is 5.91 Å². The van der Waals surface area contributed by atoms with Crippen LogP contribution in [0.15, 0.2) is 0 Å². The van der Waals surface area contributed by atoms with E-state index < -0.39 is 0 Å². The van der Waals surface area contributed by atoms with Gasteiger partial charge in [0, 0.05) is 47.2 Å². The second-order valence-corrected chi connectivity index (χ2v) is 5.19. The number of hydrogen-bond acceptors (Lipinski definition) is 7. The van der Waals surface area contributed by atoms with E-state index in [1.54, 1.807) is 7.05 Å². The predicted octanol–water partition coefficient (Wildman–Crippen LogP) is 0.404. The maximum atomic E-state index is 11.9. The van der Waals surface area contributed by atoms with E-state index in [0.29, 0.717) is 30.8 Å². The summed E-state index contributed by atoms with van der Waals surface area (Å²) in [6, 6.07) is 0. The highest BCUT2D eigenvalue weighted by Crippen LogP contribution is 2.12. The van der Waals surface area contributed by atoms with Gasteiger partial charge in [-0.2, -0.15) is 15.0 Å². The quantitative estimate of drug-likeness (QED) is 0.785. The molecule has 1 aromatic heterocycles. The molecule has 1 aromatic rings. The first-order chi connectivity index (χ1) is 10.1. The summed E-state index contributed by atoms with van der Waals surface area (Å²) in [5, 5.41) is 6.00. The van der Waals surface area contributed by atoms with Crippen molar-refractivity contribution in [2.75, 3.05) is 56.3 Å². The molecule has 1 fully saturated rings. The maximum Gasteiger partial charge on any atom is 0.231 e. The molecule has 0 radical (unpaired) electrons. The number of nitrogens with zero attached hydrogens (tertiary/aromatic N) is 5. The van der Waals surface area contributed by atoms with Crippen molar-refractivity contribution >= 4 is 23.8 Å². The predicted molar refractivity (Wildman–Crippen MR) is 82.6 cm³/mol. The molecule has 21 heavy (non-hydrogen) atoms. The minimum atomic E-state index is 0.190. The van der Waals surface area contributed by atoms with Crippen molar-refractivity contribution in [2.45, 2.75) is 19.3 Å². The number of likely N-dealkylation sites (tertiary alicyclic amines) is 1. The highest BCUT2D eigenvalue weighted by Gasteiger charge is 2.17. The molecule has 8 heteroatoms. The third kappa shape index (κ3) is 4.17. The van der Waals surface area contributed by atoms with E-state index in [1.807, 2.05) is 23.9 Å². The number of hydrogen-bond donors (Lipinski definition) is 2. The van der Waals surface area contributed by atoms with E-state index in [4.69, 9.17) is 0 Å². The van der Waals surface area contributed by atoms with E-state index >= 15 is 0 Å². The van der Waals surface area contributed by atoms with Gasteiger partial charge in [0.1, 0.15) is 0 Å². The van der Waals surface area contributed by atoms with Crippen LogP contribution < -0.4 is 15.5 Å². The summed E-state index contributed by atoms with van der Waals surface area (Å²) in [5.41, 5.74) is 0. The standard InChI is InChI=1S/C13H23N7O/c1-14-11-16-12(18-13(17-11)19(2)3)15-7-6-10(21)20-8-4-5-9-20/h4-9H2,1-3H3,(H2,14,15,16,17,18). The van der Waals surface area contributed by atoms with Gasteiger partial charge in [0.05, 0.1) is 0 Å². The molecule has 0 aromatic carbocycles. The van der Waals surface area contributed by atoms with Gasteiger partial charge in [0.25, 0.3) is 0 Å². The van der Waals surface area contributed by atoms with Gasteiger partial charge < -0.3 is 20.4 Å². The fraction of sp³-hybridized carbons (Fsp3) is 0.692. The molecule has 2 N–H and O–H groups in total. The Balaban J connectivity index is 1.90. The number of anilines is 3. The molecule has 0 unspecified atom stereocenters. The van der Waals surface area contributed by atoms with Crippen molar-refractivity contribution in [3.63, 3.8) is 0 Å². The number of carbonyl (C=O) groups is 1. The van der Waals surface area contributed by atoms with Gasteiger partial charge in [-0.25, -0.2) is 0 Å². The van der Waals surface area contributed by atoms with Crippen molar-refractivity contribution in [1.29, 1.82) is 0 Å². The average Bonchev–Trinajstić information content (AvgIpc) is 3.01. The van der Waals surface area contributed by atoms with Gasteiger partial charge in [-0.1, -0.05) is 0 Å². The Morgan fingerprint density at radius 1 is 1.19 bits per heavy atom. The monoisotopic (exact) mass is 293 g/mol. The van der Waals surface area contributed by atoms with Crippen LogP contribution in [0.25, 0.3) is 0 Å². The number of rotatable bonds is 6. The molecule has 1 saturated heterocycles. The van der Waals surface area contributed by atoms with Crippen LogP contribution in [0.3, 0.4) is 0 Å². The van der Waals surface area contributed by atoms with Crippen LogP contribution in [-0.2, 0) is 4.79 Å². The first-order valence-electron chi connectivity index (χ1n) is 7.23. The van der Waals surface area contributed by atoms with Crippen LogP contribution in [0.2, 0.25) is 0 Å². The van der Waals surface area contributed by atoms with E-state index in [9.17, 15) is 4.79 Å². The van der Waals surface area contributed by atoms with Gasteiger partial charge in [-0.3, -0.25) is 4.79 Å². The Hall–Kier alpha value is -2.12. The lowest BCUT2D eigenvalue weighted by Crippen LogP contribution is -2.29. The summed E-state index contributed by atoms with van der Waals surface area (Å²) >= 11 is 0. The topological polar surface area (TPSA) is 86.3 Å². The summed E-state index contributed by atoms with van der Waals surface area (Å²) < 4.78 is 0. The molecule has 2 rings (SSSR count). The average molecular weight is 293 g/mol. The fourth-order valence-corrected chi connectivity index (χ4v) is 2.16. The smallest absolute Gasteiger partial charge is 0.231 e. The lowest BCUT2D eigenvalue weighted by atomic mass is 10.3. The first-order valence-corrected chi connectivity index (χ1v) is 7.23. The van der Waals surface area contributed by atoms with Crippen LogP contribution in [-0.4, -0.2) is 66.5 Å². The minimum absolute atomic E-state index is 0.190. The zero-order valence-electron chi connectivity index (χ0n) is 12.9. The molecule has 1 aliphatic rings. The van der Waals surface area contributed by atoms with Gasteiger partial charge in [-0.05, 0) is 12.8 Å². The number of aromatic nitrogens is 3. The van der Waals surface area contributed by atoms with Crippen LogP contribution in [0.5, 0.6) is 0 Å². The van der Waals surface area contributed by atoms with Crippen LogP contribution in [0.1, 0.15) is 19.3 Å². The van der Waals surface area contributed by atoms with Gasteiger partial charge >= 0.3 is 0 Å². The second kappa shape index (κ2) is 7.05. The second-order valence-electron chi connectivity index (χ2n) is 5.19. The molecule has 0 bridgehead atoms. The largest absolute Gasteiger partial charge is 0.357 e. The molecular weight excluding hydrogens is 270 g/mol. The van der Waals surface area contributed by atoms with Crippen molar-refractivity contribution < 1.29 is 4.79 Å². The Kier molecular flexibility index (Phi) is 5.13. The van der Waals surface area contributed by atoms with Crippen molar-refractivity contribution in [2.24, 2.45) is 0 Å². The number of nitrogens with one attached hydrogen (secondary N) is 2. The fourth-order valence-electron chi connectivity index (χ4n) is 2.16. The Morgan fingerprint density at radius 3 is 2.48 bits per heavy atom. The zero-order valence-corrected chi connectivity index (χ0v) is 12.9. The van der Waals surface area contributed by atoms with Crippen molar-refractivity contribution in [3.8, 4) is 0 Å².